The summed E-state index contributed by atoms with van der Waals surface area (Å²) in [4.78, 5) is 2.46. The highest BCUT2D eigenvalue weighted by Gasteiger charge is 2.55. The van der Waals surface area contributed by atoms with Gasteiger partial charge in [-0.1, -0.05) is 18.2 Å². The summed E-state index contributed by atoms with van der Waals surface area (Å²) < 4.78 is 17.4. The van der Waals surface area contributed by atoms with E-state index in [1.165, 1.54) is 18.4 Å². The molecule has 6 nitrogen and oxygen atoms in total. The first kappa shape index (κ1) is 15.3. The van der Waals surface area contributed by atoms with Gasteiger partial charge in [-0.2, -0.15) is 0 Å². The molecular weight excluding hydrogens is 318 g/mol. The fraction of sp³-hybridized carbons (Fsp3) is 0.579. The molecule has 0 spiro atoms. The van der Waals surface area contributed by atoms with Crippen LogP contribution in [0.15, 0.2) is 28.7 Å². The van der Waals surface area contributed by atoms with Crippen LogP contribution >= 0.6 is 0 Å². The quantitative estimate of drug-likeness (QED) is 0.832. The number of ether oxygens (including phenoxy) is 2. The highest BCUT2D eigenvalue weighted by Crippen LogP contribution is 2.46. The van der Waals surface area contributed by atoms with Crippen molar-refractivity contribution in [2.24, 2.45) is 5.92 Å². The Morgan fingerprint density at radius 2 is 2.16 bits per heavy atom. The van der Waals surface area contributed by atoms with E-state index in [-0.39, 0.29) is 5.41 Å². The number of rotatable bonds is 5. The van der Waals surface area contributed by atoms with Gasteiger partial charge in [-0.05, 0) is 18.9 Å². The lowest BCUT2D eigenvalue weighted by atomic mass is 9.81. The maximum Gasteiger partial charge on any atom is 0.226 e. The highest BCUT2D eigenvalue weighted by atomic mass is 16.5. The predicted octanol–water partition coefficient (Wildman–Crippen LogP) is 2.36. The van der Waals surface area contributed by atoms with Crippen molar-refractivity contribution in [3.8, 4) is 5.75 Å². The van der Waals surface area contributed by atoms with Crippen LogP contribution in [-0.4, -0.2) is 48.5 Å². The van der Waals surface area contributed by atoms with E-state index in [4.69, 9.17) is 13.9 Å². The molecule has 132 valence electrons. The van der Waals surface area contributed by atoms with E-state index in [0.717, 1.165) is 43.8 Å². The normalized spacial score (nSPS) is 29.1. The van der Waals surface area contributed by atoms with E-state index in [1.807, 2.05) is 12.1 Å². The molecule has 3 fully saturated rings. The molecule has 3 heterocycles. The van der Waals surface area contributed by atoms with Crippen LogP contribution < -0.4 is 4.74 Å². The number of aromatic nitrogens is 2. The van der Waals surface area contributed by atoms with Gasteiger partial charge in [-0.3, -0.25) is 4.90 Å². The van der Waals surface area contributed by atoms with Crippen molar-refractivity contribution in [1.82, 2.24) is 15.1 Å². The Morgan fingerprint density at radius 1 is 1.28 bits per heavy atom. The van der Waals surface area contributed by atoms with Crippen molar-refractivity contribution in [2.45, 2.75) is 30.7 Å². The van der Waals surface area contributed by atoms with Crippen molar-refractivity contribution in [1.29, 1.82) is 0 Å². The summed E-state index contributed by atoms with van der Waals surface area (Å²) in [5.74, 6) is 3.44. The van der Waals surface area contributed by atoms with E-state index in [2.05, 4.69) is 27.2 Å². The fourth-order valence-corrected chi connectivity index (χ4v) is 4.27. The van der Waals surface area contributed by atoms with Crippen LogP contribution in [0.4, 0.5) is 0 Å². The monoisotopic (exact) mass is 341 g/mol. The molecule has 2 atom stereocenters. The molecule has 0 radical (unpaired) electrons. The third-order valence-corrected chi connectivity index (χ3v) is 5.82. The number of likely N-dealkylation sites (tertiary alicyclic amines) is 1. The molecule has 5 rings (SSSR count). The number of fused-ring (bicyclic) bond motifs is 1. The van der Waals surface area contributed by atoms with Gasteiger partial charge in [-0.25, -0.2) is 0 Å². The Bertz CT molecular complexity index is 773. The van der Waals surface area contributed by atoms with Crippen LogP contribution in [0, 0.1) is 5.92 Å². The predicted molar refractivity (Wildman–Crippen MR) is 90.5 cm³/mol. The molecule has 25 heavy (non-hydrogen) atoms. The molecule has 0 unspecified atom stereocenters. The Morgan fingerprint density at radius 3 is 3.00 bits per heavy atom. The third kappa shape index (κ3) is 2.55. The van der Waals surface area contributed by atoms with Gasteiger partial charge in [0.2, 0.25) is 11.8 Å². The number of nitrogens with zero attached hydrogens (tertiary/aromatic N) is 3. The topological polar surface area (TPSA) is 60.6 Å². The lowest BCUT2D eigenvalue weighted by molar-refractivity contribution is 0.139. The molecule has 1 aliphatic carbocycles. The Kier molecular flexibility index (Phi) is 3.57. The molecule has 0 amide bonds. The standard InChI is InChI=1S/C19H23N3O3/c1-23-16-5-3-2-4-14(16)8-22-9-15-10-24-12-19(15,11-22)18-21-20-17(25-18)13-6-7-13/h2-5,13,15H,6-12H2,1H3/t15-,19-/m1/s1. The first-order valence-electron chi connectivity index (χ1n) is 9.04. The summed E-state index contributed by atoms with van der Waals surface area (Å²) in [6.07, 6.45) is 2.35. The zero-order chi connectivity index (χ0) is 16.9. The molecule has 0 bridgehead atoms. The minimum absolute atomic E-state index is 0.151. The average molecular weight is 341 g/mol. The van der Waals surface area contributed by atoms with Gasteiger partial charge in [-0.15, -0.1) is 10.2 Å². The van der Waals surface area contributed by atoms with Gasteiger partial charge in [0, 0.05) is 37.0 Å². The molecule has 0 N–H and O–H groups in total. The van der Waals surface area contributed by atoms with Crippen LogP contribution in [0.3, 0.4) is 0 Å². The van der Waals surface area contributed by atoms with Crippen LogP contribution in [0.2, 0.25) is 0 Å². The van der Waals surface area contributed by atoms with Crippen molar-refractivity contribution < 1.29 is 13.9 Å². The smallest absolute Gasteiger partial charge is 0.226 e. The summed E-state index contributed by atoms with van der Waals surface area (Å²) in [6.45, 7) is 4.18. The zero-order valence-corrected chi connectivity index (χ0v) is 14.5. The molecule has 2 saturated heterocycles. The molecule has 1 aromatic heterocycles. The summed E-state index contributed by atoms with van der Waals surface area (Å²) in [7, 11) is 1.73. The Labute approximate surface area is 147 Å². The maximum atomic E-state index is 6.09. The van der Waals surface area contributed by atoms with Gasteiger partial charge < -0.3 is 13.9 Å². The van der Waals surface area contributed by atoms with Gasteiger partial charge in [0.15, 0.2) is 0 Å². The van der Waals surface area contributed by atoms with Crippen LogP contribution in [0.1, 0.15) is 36.1 Å². The second kappa shape index (κ2) is 5.81. The first-order valence-corrected chi connectivity index (χ1v) is 9.04. The molecule has 6 heteroatoms. The lowest BCUT2D eigenvalue weighted by Gasteiger charge is -2.23. The number of para-hydroxylation sites is 1. The molecule has 2 aliphatic heterocycles. The van der Waals surface area contributed by atoms with Gasteiger partial charge >= 0.3 is 0 Å². The summed E-state index contributed by atoms with van der Waals surface area (Å²) in [6, 6.07) is 8.22. The third-order valence-electron chi connectivity index (χ3n) is 5.82. The highest BCUT2D eigenvalue weighted by molar-refractivity contribution is 5.33. The number of benzene rings is 1. The van der Waals surface area contributed by atoms with E-state index in [9.17, 15) is 0 Å². The minimum atomic E-state index is -0.151. The van der Waals surface area contributed by atoms with Gasteiger partial charge in [0.25, 0.3) is 0 Å². The second-order valence-corrected chi connectivity index (χ2v) is 7.57. The summed E-state index contributed by atoms with van der Waals surface area (Å²) >= 11 is 0. The van der Waals surface area contributed by atoms with Crippen LogP contribution in [-0.2, 0) is 16.7 Å². The minimum Gasteiger partial charge on any atom is -0.496 e. The number of hydrogen-bond acceptors (Lipinski definition) is 6. The first-order chi connectivity index (χ1) is 12.3. The maximum absolute atomic E-state index is 6.09. The van der Waals surface area contributed by atoms with Crippen molar-refractivity contribution in [3.05, 3.63) is 41.6 Å². The van der Waals surface area contributed by atoms with E-state index < -0.39 is 0 Å². The summed E-state index contributed by atoms with van der Waals surface area (Å²) in [5, 5.41) is 8.72. The largest absolute Gasteiger partial charge is 0.496 e. The number of methoxy groups -OCH3 is 1. The SMILES string of the molecule is COc1ccccc1CN1C[C@@H]2COC[C@]2(c2nnc(C3CC3)o2)C1. The number of hydrogen-bond donors (Lipinski definition) is 0. The van der Waals surface area contributed by atoms with Crippen molar-refractivity contribution in [2.75, 3.05) is 33.4 Å². The molecule has 3 aliphatic rings. The lowest BCUT2D eigenvalue weighted by Crippen LogP contribution is -2.35. The zero-order valence-electron chi connectivity index (χ0n) is 14.5. The molecule has 1 saturated carbocycles. The Hall–Kier alpha value is -1.92. The van der Waals surface area contributed by atoms with Crippen molar-refractivity contribution >= 4 is 0 Å². The van der Waals surface area contributed by atoms with Gasteiger partial charge in [0.05, 0.1) is 25.7 Å². The second-order valence-electron chi connectivity index (χ2n) is 7.57. The van der Waals surface area contributed by atoms with Gasteiger partial charge in [0.1, 0.15) is 5.75 Å². The fourth-order valence-electron chi connectivity index (χ4n) is 4.27. The van der Waals surface area contributed by atoms with E-state index in [0.29, 0.717) is 18.4 Å². The van der Waals surface area contributed by atoms with Crippen LogP contribution in [0.5, 0.6) is 5.75 Å². The molecular formula is C19H23N3O3. The van der Waals surface area contributed by atoms with E-state index >= 15 is 0 Å². The Balaban J connectivity index is 1.39. The van der Waals surface area contributed by atoms with Crippen LogP contribution in [0.25, 0.3) is 0 Å². The summed E-state index contributed by atoms with van der Waals surface area (Å²) in [5.41, 5.74) is 1.06. The average Bonchev–Trinajstić information content (AvgIpc) is 3.05. The van der Waals surface area contributed by atoms with E-state index in [1.54, 1.807) is 7.11 Å². The molecule has 2 aromatic rings. The van der Waals surface area contributed by atoms with Crippen molar-refractivity contribution in [3.63, 3.8) is 0 Å². The molecule has 1 aromatic carbocycles.